The van der Waals surface area contributed by atoms with Crippen molar-refractivity contribution in [3.8, 4) is 17.2 Å². The Labute approximate surface area is 119 Å². The molecule has 8 heteroatoms. The third kappa shape index (κ3) is 2.16. The van der Waals surface area contributed by atoms with E-state index in [0.717, 1.165) is 21.9 Å². The van der Waals surface area contributed by atoms with Crippen LogP contribution in [0.15, 0.2) is 17.7 Å². The number of hydrogen-bond acceptors (Lipinski definition) is 6. The third-order valence-electron chi connectivity index (χ3n) is 3.10. The van der Waals surface area contributed by atoms with Crippen LogP contribution in [0.5, 0.6) is 17.2 Å². The maximum absolute atomic E-state index is 12.0. The van der Waals surface area contributed by atoms with Crippen LogP contribution in [0.25, 0.3) is 6.08 Å². The lowest BCUT2D eigenvalue weighted by molar-refractivity contribution is -0.134. The van der Waals surface area contributed by atoms with Crippen molar-refractivity contribution in [3.63, 3.8) is 0 Å². The van der Waals surface area contributed by atoms with Gasteiger partial charge in [0.2, 0.25) is 5.75 Å². The van der Waals surface area contributed by atoms with Crippen LogP contribution in [0.3, 0.4) is 0 Å². The first-order valence-corrected chi connectivity index (χ1v) is 5.81. The highest BCUT2D eigenvalue weighted by atomic mass is 16.3. The molecule has 3 N–H and O–H groups in total. The number of phenolic OH excluding ortho intramolecular Hbond substituents is 3. The summed E-state index contributed by atoms with van der Waals surface area (Å²) in [5.74, 6) is -3.63. The van der Waals surface area contributed by atoms with Crippen LogP contribution in [0.2, 0.25) is 0 Å². The highest BCUT2D eigenvalue weighted by molar-refractivity contribution is 6.30. The third-order valence-corrected chi connectivity index (χ3v) is 3.10. The summed E-state index contributed by atoms with van der Waals surface area (Å²) in [4.78, 5) is 37.0. The highest BCUT2D eigenvalue weighted by Gasteiger charge is 2.37. The Bertz CT molecular complexity index is 668. The molecule has 1 fully saturated rings. The molecule has 0 bridgehead atoms. The summed E-state index contributed by atoms with van der Waals surface area (Å²) < 4.78 is 0. The quantitative estimate of drug-likeness (QED) is 0.387. The molecule has 1 aliphatic rings. The molecule has 1 aliphatic heterocycles. The minimum atomic E-state index is -0.824. The summed E-state index contributed by atoms with van der Waals surface area (Å²) in [6.07, 6.45) is 1.04. The molecule has 2 rings (SSSR count). The molecular weight excluding hydrogens is 280 g/mol. The van der Waals surface area contributed by atoms with Gasteiger partial charge in [0.05, 0.1) is 0 Å². The number of amides is 4. The second-order valence-electron chi connectivity index (χ2n) is 4.44. The molecule has 21 heavy (non-hydrogen) atoms. The Morgan fingerprint density at radius 1 is 0.905 bits per heavy atom. The largest absolute Gasteiger partial charge is 0.504 e. The van der Waals surface area contributed by atoms with Gasteiger partial charge in [0.15, 0.2) is 11.5 Å². The fourth-order valence-electron chi connectivity index (χ4n) is 1.83. The predicted octanol–water partition coefficient (Wildman–Crippen LogP) is 0.237. The second-order valence-corrected chi connectivity index (χ2v) is 4.44. The number of hydrogen-bond donors (Lipinski definition) is 3. The van der Waals surface area contributed by atoms with Crippen LogP contribution in [0.4, 0.5) is 4.79 Å². The lowest BCUT2D eigenvalue weighted by atomic mass is 10.1. The number of likely N-dealkylation sites (N-methyl/N-ethyl adjacent to an activating group) is 2. The van der Waals surface area contributed by atoms with Gasteiger partial charge in [-0.25, -0.2) is 4.79 Å². The van der Waals surface area contributed by atoms with Gasteiger partial charge in [-0.15, -0.1) is 0 Å². The summed E-state index contributed by atoms with van der Waals surface area (Å²) in [5.41, 5.74) is -0.391. The number of nitrogens with zero attached hydrogens (tertiary/aromatic N) is 2. The number of benzene rings is 1. The standard InChI is InChI=1S/C13H12N2O6/c1-14-11(19)7(12(20)15(2)13(14)21)5-6-3-4-8(16)10(18)9(6)17/h3-5,16-18H,1-2H3. The average molecular weight is 292 g/mol. The zero-order valence-electron chi connectivity index (χ0n) is 11.2. The normalized spacial score (nSPS) is 15.7. The molecule has 8 nitrogen and oxygen atoms in total. The van der Waals surface area contributed by atoms with E-state index in [9.17, 15) is 29.7 Å². The van der Waals surface area contributed by atoms with Crippen molar-refractivity contribution in [3.05, 3.63) is 23.3 Å². The van der Waals surface area contributed by atoms with Crippen molar-refractivity contribution in [1.82, 2.24) is 9.80 Å². The van der Waals surface area contributed by atoms with Crippen LogP contribution in [0.1, 0.15) is 5.56 Å². The molecule has 1 saturated heterocycles. The summed E-state index contributed by atoms with van der Waals surface area (Å²) in [7, 11) is 2.44. The fourth-order valence-corrected chi connectivity index (χ4v) is 1.83. The monoisotopic (exact) mass is 292 g/mol. The van der Waals surface area contributed by atoms with Gasteiger partial charge < -0.3 is 15.3 Å². The summed E-state index contributed by atoms with van der Waals surface area (Å²) >= 11 is 0. The van der Waals surface area contributed by atoms with E-state index in [0.29, 0.717) is 0 Å². The highest BCUT2D eigenvalue weighted by Crippen LogP contribution is 2.38. The molecule has 0 unspecified atom stereocenters. The minimum Gasteiger partial charge on any atom is -0.504 e. The number of phenols is 3. The van der Waals surface area contributed by atoms with Gasteiger partial charge in [-0.3, -0.25) is 19.4 Å². The van der Waals surface area contributed by atoms with Crippen molar-refractivity contribution in [2.75, 3.05) is 14.1 Å². The van der Waals surface area contributed by atoms with Gasteiger partial charge in [0.1, 0.15) is 5.57 Å². The van der Waals surface area contributed by atoms with Crippen molar-refractivity contribution in [2.24, 2.45) is 0 Å². The summed E-state index contributed by atoms with van der Waals surface area (Å²) in [5, 5.41) is 28.3. The Balaban J connectivity index is 2.54. The molecule has 1 heterocycles. The van der Waals surface area contributed by atoms with Crippen molar-refractivity contribution >= 4 is 23.9 Å². The fraction of sp³-hybridized carbons (Fsp3) is 0.154. The minimum absolute atomic E-state index is 0.0434. The van der Waals surface area contributed by atoms with E-state index in [4.69, 9.17) is 0 Å². The second kappa shape index (κ2) is 4.82. The Morgan fingerprint density at radius 2 is 1.43 bits per heavy atom. The molecule has 1 aromatic rings. The first-order valence-electron chi connectivity index (χ1n) is 5.81. The van der Waals surface area contributed by atoms with Crippen molar-refractivity contribution in [2.45, 2.75) is 0 Å². The molecular formula is C13H12N2O6. The SMILES string of the molecule is CN1C(=O)C(=Cc2ccc(O)c(O)c2O)C(=O)N(C)C1=O. The molecule has 0 spiro atoms. The molecule has 0 atom stereocenters. The maximum atomic E-state index is 12.0. The zero-order chi connectivity index (χ0) is 15.9. The smallest absolute Gasteiger partial charge is 0.333 e. The number of aromatic hydroxyl groups is 3. The summed E-state index contributed by atoms with van der Waals surface area (Å²) in [6.45, 7) is 0. The maximum Gasteiger partial charge on any atom is 0.333 e. The zero-order valence-corrected chi connectivity index (χ0v) is 11.2. The van der Waals surface area contributed by atoms with Crippen LogP contribution in [-0.2, 0) is 9.59 Å². The van der Waals surface area contributed by atoms with E-state index >= 15 is 0 Å². The average Bonchev–Trinajstić information content (AvgIpc) is 2.47. The Hall–Kier alpha value is -3.03. The molecule has 110 valence electrons. The first-order chi connectivity index (χ1) is 9.75. The molecule has 0 saturated carbocycles. The molecule has 0 aromatic heterocycles. The van der Waals surface area contributed by atoms with Gasteiger partial charge in [0.25, 0.3) is 11.8 Å². The van der Waals surface area contributed by atoms with E-state index in [1.807, 2.05) is 0 Å². The molecule has 0 radical (unpaired) electrons. The van der Waals surface area contributed by atoms with Crippen molar-refractivity contribution in [1.29, 1.82) is 0 Å². The topological polar surface area (TPSA) is 118 Å². The Kier molecular flexibility index (Phi) is 3.30. The van der Waals surface area contributed by atoms with Gasteiger partial charge in [0, 0.05) is 19.7 Å². The number of urea groups is 1. The first kappa shape index (κ1) is 14.4. The number of carbonyl (C=O) groups is 3. The van der Waals surface area contributed by atoms with Crippen LogP contribution < -0.4 is 0 Å². The number of barbiturate groups is 1. The number of rotatable bonds is 1. The molecule has 4 amide bonds. The summed E-state index contributed by atoms with van der Waals surface area (Å²) in [6, 6.07) is 1.55. The van der Waals surface area contributed by atoms with Gasteiger partial charge in [-0.2, -0.15) is 0 Å². The number of carbonyl (C=O) groups excluding carboxylic acids is 3. The Morgan fingerprint density at radius 3 is 1.95 bits per heavy atom. The van der Waals surface area contributed by atoms with E-state index in [1.165, 1.54) is 20.2 Å². The van der Waals surface area contributed by atoms with Crippen molar-refractivity contribution < 1.29 is 29.7 Å². The predicted molar refractivity (Wildman–Crippen MR) is 70.3 cm³/mol. The lowest BCUT2D eigenvalue weighted by Gasteiger charge is -2.28. The van der Waals surface area contributed by atoms with Crippen LogP contribution in [0, 0.1) is 0 Å². The van der Waals surface area contributed by atoms with E-state index in [1.54, 1.807) is 0 Å². The molecule has 0 aliphatic carbocycles. The lowest BCUT2D eigenvalue weighted by Crippen LogP contribution is -2.52. The van der Waals surface area contributed by atoms with Gasteiger partial charge in [-0.05, 0) is 18.2 Å². The number of imide groups is 2. The van der Waals surface area contributed by atoms with Crippen LogP contribution in [-0.4, -0.2) is 57.1 Å². The van der Waals surface area contributed by atoms with Crippen LogP contribution >= 0.6 is 0 Å². The van der Waals surface area contributed by atoms with E-state index < -0.39 is 35.1 Å². The van der Waals surface area contributed by atoms with E-state index in [2.05, 4.69) is 0 Å². The van der Waals surface area contributed by atoms with Gasteiger partial charge in [-0.1, -0.05) is 0 Å². The van der Waals surface area contributed by atoms with Gasteiger partial charge >= 0.3 is 6.03 Å². The van der Waals surface area contributed by atoms with E-state index in [-0.39, 0.29) is 11.1 Å². The molecule has 1 aromatic carbocycles.